The minimum atomic E-state index is -3.56. The number of carbonyl (C=O) groups excluding carboxylic acids is 2. The van der Waals surface area contributed by atoms with E-state index in [2.05, 4.69) is 20.8 Å². The summed E-state index contributed by atoms with van der Waals surface area (Å²) in [6.07, 6.45) is 0.533. The number of carbonyl (C=O) groups is 2. The highest BCUT2D eigenvalue weighted by atomic mass is 32.2. The SMILES string of the molecule is CCC(Sc1nnc(CS(=O)(=O)c2ccccc2)n1C)C(=O)Nc1ccc(NC(C)=O)cc1. The van der Waals surface area contributed by atoms with Crippen molar-refractivity contribution in [2.24, 2.45) is 7.05 Å². The Morgan fingerprint density at radius 2 is 1.61 bits per heavy atom. The molecule has 0 saturated heterocycles. The van der Waals surface area contributed by atoms with Gasteiger partial charge in [-0.2, -0.15) is 0 Å². The summed E-state index contributed by atoms with van der Waals surface area (Å²) < 4.78 is 26.9. The zero-order valence-electron chi connectivity index (χ0n) is 18.5. The minimum Gasteiger partial charge on any atom is -0.326 e. The molecule has 2 amide bonds. The van der Waals surface area contributed by atoms with E-state index >= 15 is 0 Å². The van der Waals surface area contributed by atoms with E-state index in [-0.39, 0.29) is 22.5 Å². The van der Waals surface area contributed by atoms with E-state index < -0.39 is 15.1 Å². The smallest absolute Gasteiger partial charge is 0.237 e. The summed E-state index contributed by atoms with van der Waals surface area (Å²) >= 11 is 1.22. The molecule has 0 fully saturated rings. The molecule has 11 heteroatoms. The highest BCUT2D eigenvalue weighted by molar-refractivity contribution is 8.00. The van der Waals surface area contributed by atoms with Crippen LogP contribution in [0.4, 0.5) is 11.4 Å². The largest absolute Gasteiger partial charge is 0.326 e. The standard InChI is InChI=1S/C22H25N5O4S2/c1-4-19(21(29)24-17-12-10-16(11-13-17)23-15(2)28)32-22-26-25-20(27(22)3)14-33(30,31)18-8-6-5-7-9-18/h5-13,19H,4,14H2,1-3H3,(H,23,28)(H,24,29). The second-order valence-electron chi connectivity index (χ2n) is 7.29. The van der Waals surface area contributed by atoms with Crippen molar-refractivity contribution in [2.45, 2.75) is 41.3 Å². The Balaban J connectivity index is 1.67. The number of hydrogen-bond acceptors (Lipinski definition) is 7. The number of thioether (sulfide) groups is 1. The molecule has 0 saturated carbocycles. The van der Waals surface area contributed by atoms with E-state index in [0.717, 1.165) is 0 Å². The van der Waals surface area contributed by atoms with Crippen LogP contribution in [0.5, 0.6) is 0 Å². The minimum absolute atomic E-state index is 0.172. The van der Waals surface area contributed by atoms with E-state index in [1.807, 2.05) is 6.92 Å². The van der Waals surface area contributed by atoms with Gasteiger partial charge in [0.1, 0.15) is 11.6 Å². The summed E-state index contributed by atoms with van der Waals surface area (Å²) in [6.45, 7) is 3.31. The van der Waals surface area contributed by atoms with Crippen molar-refractivity contribution in [2.75, 3.05) is 10.6 Å². The number of benzene rings is 2. The van der Waals surface area contributed by atoms with Gasteiger partial charge in [-0.15, -0.1) is 10.2 Å². The summed E-state index contributed by atoms with van der Waals surface area (Å²) in [5, 5.41) is 13.7. The molecule has 9 nitrogen and oxygen atoms in total. The molecule has 3 aromatic rings. The fourth-order valence-corrected chi connectivity index (χ4v) is 5.24. The lowest BCUT2D eigenvalue weighted by atomic mass is 10.2. The Morgan fingerprint density at radius 1 is 1.00 bits per heavy atom. The lowest BCUT2D eigenvalue weighted by Gasteiger charge is -2.14. The van der Waals surface area contributed by atoms with Crippen LogP contribution < -0.4 is 10.6 Å². The van der Waals surface area contributed by atoms with Crippen LogP contribution in [0.25, 0.3) is 0 Å². The normalized spacial score (nSPS) is 12.2. The molecule has 0 radical (unpaired) electrons. The molecule has 1 atom stereocenters. The third kappa shape index (κ3) is 6.42. The molecule has 0 spiro atoms. The van der Waals surface area contributed by atoms with Crippen molar-refractivity contribution in [3.8, 4) is 0 Å². The maximum atomic E-state index is 12.8. The number of amides is 2. The molecular formula is C22H25N5O4S2. The Labute approximate surface area is 196 Å². The molecular weight excluding hydrogens is 462 g/mol. The van der Waals surface area contributed by atoms with Gasteiger partial charge in [-0.25, -0.2) is 8.42 Å². The van der Waals surface area contributed by atoms with Crippen LogP contribution in [0.3, 0.4) is 0 Å². The third-order valence-electron chi connectivity index (χ3n) is 4.73. The summed E-state index contributed by atoms with van der Waals surface area (Å²) in [5.41, 5.74) is 1.24. The molecule has 33 heavy (non-hydrogen) atoms. The molecule has 2 aromatic carbocycles. The Bertz CT molecular complexity index is 1230. The van der Waals surface area contributed by atoms with E-state index in [4.69, 9.17) is 0 Å². The molecule has 0 aliphatic rings. The molecule has 0 aliphatic carbocycles. The van der Waals surface area contributed by atoms with Crippen molar-refractivity contribution >= 4 is 44.8 Å². The fraction of sp³-hybridized carbons (Fsp3) is 0.273. The topological polar surface area (TPSA) is 123 Å². The first-order valence-corrected chi connectivity index (χ1v) is 12.7. The molecule has 1 aromatic heterocycles. The first-order valence-electron chi connectivity index (χ1n) is 10.2. The molecule has 1 heterocycles. The number of sulfone groups is 1. The van der Waals surface area contributed by atoms with Crippen LogP contribution in [0, 0.1) is 0 Å². The second kappa shape index (κ2) is 10.6. The number of rotatable bonds is 9. The second-order valence-corrected chi connectivity index (χ2v) is 10.5. The fourth-order valence-electron chi connectivity index (χ4n) is 2.97. The molecule has 0 aliphatic heterocycles. The van der Waals surface area contributed by atoms with Crippen molar-refractivity contribution in [1.29, 1.82) is 0 Å². The monoisotopic (exact) mass is 487 g/mol. The first-order chi connectivity index (χ1) is 15.7. The Kier molecular flexibility index (Phi) is 7.88. The number of hydrogen-bond donors (Lipinski definition) is 2. The van der Waals surface area contributed by atoms with E-state index in [9.17, 15) is 18.0 Å². The van der Waals surface area contributed by atoms with E-state index in [1.165, 1.54) is 18.7 Å². The van der Waals surface area contributed by atoms with Gasteiger partial charge in [-0.1, -0.05) is 36.9 Å². The van der Waals surface area contributed by atoms with E-state index in [1.54, 1.807) is 66.2 Å². The van der Waals surface area contributed by atoms with Crippen LogP contribution in [0.1, 0.15) is 26.1 Å². The van der Waals surface area contributed by atoms with Gasteiger partial charge in [0.25, 0.3) is 0 Å². The number of aromatic nitrogens is 3. The van der Waals surface area contributed by atoms with Gasteiger partial charge < -0.3 is 15.2 Å². The average molecular weight is 488 g/mol. The van der Waals surface area contributed by atoms with Gasteiger partial charge in [-0.05, 0) is 42.8 Å². The highest BCUT2D eigenvalue weighted by Crippen LogP contribution is 2.26. The molecule has 2 N–H and O–H groups in total. The van der Waals surface area contributed by atoms with Gasteiger partial charge in [0.2, 0.25) is 11.8 Å². The lowest BCUT2D eigenvalue weighted by Crippen LogP contribution is -2.25. The number of anilines is 2. The van der Waals surface area contributed by atoms with Crippen molar-refractivity contribution in [3.63, 3.8) is 0 Å². The van der Waals surface area contributed by atoms with Crippen LogP contribution in [-0.2, 0) is 32.2 Å². The highest BCUT2D eigenvalue weighted by Gasteiger charge is 2.24. The van der Waals surface area contributed by atoms with Gasteiger partial charge in [0.05, 0.1) is 10.1 Å². The number of nitrogens with one attached hydrogen (secondary N) is 2. The summed E-state index contributed by atoms with van der Waals surface area (Å²) in [4.78, 5) is 24.1. The predicted molar refractivity (Wildman–Crippen MR) is 128 cm³/mol. The van der Waals surface area contributed by atoms with Crippen LogP contribution in [-0.4, -0.2) is 40.2 Å². The molecule has 174 valence electrons. The first kappa shape index (κ1) is 24.5. The predicted octanol–water partition coefficient (Wildman–Crippen LogP) is 3.26. The van der Waals surface area contributed by atoms with Crippen molar-refractivity contribution in [3.05, 3.63) is 60.4 Å². The summed E-state index contributed by atoms with van der Waals surface area (Å²) in [6, 6.07) is 15.0. The molecule has 3 rings (SSSR count). The Morgan fingerprint density at radius 3 is 2.18 bits per heavy atom. The average Bonchev–Trinajstić information content (AvgIpc) is 3.12. The molecule has 1 unspecified atom stereocenters. The maximum Gasteiger partial charge on any atom is 0.237 e. The maximum absolute atomic E-state index is 12.8. The van der Waals surface area contributed by atoms with Gasteiger partial charge in [-0.3, -0.25) is 9.59 Å². The van der Waals surface area contributed by atoms with E-state index in [0.29, 0.717) is 28.8 Å². The van der Waals surface area contributed by atoms with Crippen LogP contribution >= 0.6 is 11.8 Å². The third-order valence-corrected chi connectivity index (χ3v) is 7.76. The Hall–Kier alpha value is -3.18. The number of nitrogens with zero attached hydrogens (tertiary/aromatic N) is 3. The summed E-state index contributed by atoms with van der Waals surface area (Å²) in [5.74, 6) is -0.375. The summed E-state index contributed by atoms with van der Waals surface area (Å²) in [7, 11) is -1.88. The molecule has 0 bridgehead atoms. The van der Waals surface area contributed by atoms with Crippen LogP contribution in [0.2, 0.25) is 0 Å². The van der Waals surface area contributed by atoms with Crippen molar-refractivity contribution < 1.29 is 18.0 Å². The van der Waals surface area contributed by atoms with Gasteiger partial charge in [0, 0.05) is 25.3 Å². The van der Waals surface area contributed by atoms with Crippen molar-refractivity contribution in [1.82, 2.24) is 14.8 Å². The van der Waals surface area contributed by atoms with Gasteiger partial charge >= 0.3 is 0 Å². The zero-order chi connectivity index (χ0) is 24.0. The van der Waals surface area contributed by atoms with Gasteiger partial charge in [0.15, 0.2) is 15.0 Å². The zero-order valence-corrected chi connectivity index (χ0v) is 20.1. The van der Waals surface area contributed by atoms with Crippen LogP contribution in [0.15, 0.2) is 64.6 Å². The lowest BCUT2D eigenvalue weighted by molar-refractivity contribution is -0.116. The quantitative estimate of drug-likeness (QED) is 0.444.